The Morgan fingerprint density at radius 3 is 3.06 bits per heavy atom. The highest BCUT2D eigenvalue weighted by molar-refractivity contribution is 7.10. The van der Waals surface area contributed by atoms with Gasteiger partial charge in [-0.1, -0.05) is 0 Å². The van der Waals surface area contributed by atoms with Gasteiger partial charge in [-0.15, -0.1) is 11.3 Å². The lowest BCUT2D eigenvalue weighted by atomic mass is 9.81. The lowest BCUT2D eigenvalue weighted by Crippen LogP contribution is -2.30. The topological polar surface area (TPSA) is 33.4 Å². The maximum absolute atomic E-state index is 10.9. The van der Waals surface area contributed by atoms with E-state index in [1.807, 2.05) is 11.4 Å². The van der Waals surface area contributed by atoms with E-state index in [-0.39, 0.29) is 0 Å². The summed E-state index contributed by atoms with van der Waals surface area (Å²) in [5.74, 6) is 0.946. The van der Waals surface area contributed by atoms with E-state index in [4.69, 9.17) is 4.42 Å². The third kappa shape index (κ3) is 1.28. The van der Waals surface area contributed by atoms with Gasteiger partial charge >= 0.3 is 0 Å². The molecule has 2 aromatic heterocycles. The van der Waals surface area contributed by atoms with Crippen molar-refractivity contribution in [1.29, 1.82) is 0 Å². The molecular weight excluding hydrogens is 220 g/mol. The summed E-state index contributed by atoms with van der Waals surface area (Å²) < 4.78 is 5.43. The van der Waals surface area contributed by atoms with Gasteiger partial charge in [0.15, 0.2) is 0 Å². The molecule has 16 heavy (non-hydrogen) atoms. The molecule has 0 spiro atoms. The van der Waals surface area contributed by atoms with Crippen LogP contribution >= 0.6 is 11.3 Å². The number of fused-ring (bicyclic) bond motifs is 1. The van der Waals surface area contributed by atoms with Gasteiger partial charge in [0.2, 0.25) is 0 Å². The van der Waals surface area contributed by atoms with E-state index in [0.717, 1.165) is 35.5 Å². The predicted octanol–water partition coefficient (Wildman–Crippen LogP) is 3.22. The van der Waals surface area contributed by atoms with Crippen molar-refractivity contribution in [2.24, 2.45) is 0 Å². The molecule has 0 saturated heterocycles. The van der Waals surface area contributed by atoms with Crippen molar-refractivity contribution >= 4 is 11.3 Å². The van der Waals surface area contributed by atoms with Crippen LogP contribution in [0, 0.1) is 6.92 Å². The van der Waals surface area contributed by atoms with Gasteiger partial charge < -0.3 is 9.52 Å². The molecule has 2 nitrogen and oxygen atoms in total. The average Bonchev–Trinajstić information content (AvgIpc) is 2.86. The minimum Gasteiger partial charge on any atom is -0.469 e. The highest BCUT2D eigenvalue weighted by Crippen LogP contribution is 2.44. The standard InChI is InChI=1S/C13H14O2S/c1-9-5-8-16-12(9)13(14)6-2-3-11-10(13)4-7-15-11/h4-5,7-8,14H,2-3,6H2,1H3. The van der Waals surface area contributed by atoms with Crippen LogP contribution in [0.15, 0.2) is 28.2 Å². The molecule has 1 N–H and O–H groups in total. The largest absolute Gasteiger partial charge is 0.469 e. The van der Waals surface area contributed by atoms with E-state index in [1.165, 1.54) is 5.56 Å². The zero-order chi connectivity index (χ0) is 11.2. The van der Waals surface area contributed by atoms with Crippen LogP contribution in [0.25, 0.3) is 0 Å². The van der Waals surface area contributed by atoms with E-state index >= 15 is 0 Å². The number of hydrogen-bond donors (Lipinski definition) is 1. The van der Waals surface area contributed by atoms with Crippen molar-refractivity contribution in [3.05, 3.63) is 45.5 Å². The molecule has 1 aliphatic rings. The van der Waals surface area contributed by atoms with Crippen LogP contribution in [0.4, 0.5) is 0 Å². The molecule has 2 aromatic rings. The van der Waals surface area contributed by atoms with Crippen molar-refractivity contribution in [2.45, 2.75) is 31.8 Å². The smallest absolute Gasteiger partial charge is 0.127 e. The quantitative estimate of drug-likeness (QED) is 0.822. The molecule has 2 heterocycles. The lowest BCUT2D eigenvalue weighted by molar-refractivity contribution is 0.0620. The van der Waals surface area contributed by atoms with Crippen LogP contribution in [0.1, 0.15) is 34.6 Å². The molecule has 0 amide bonds. The Bertz CT molecular complexity index is 511. The van der Waals surface area contributed by atoms with Gasteiger partial charge in [-0.3, -0.25) is 0 Å². The first-order valence-electron chi connectivity index (χ1n) is 5.55. The molecule has 1 atom stereocenters. The Kier molecular flexibility index (Phi) is 2.19. The van der Waals surface area contributed by atoms with Crippen LogP contribution in [0.5, 0.6) is 0 Å². The van der Waals surface area contributed by atoms with Crippen molar-refractivity contribution < 1.29 is 9.52 Å². The molecule has 3 rings (SSSR count). The number of aliphatic hydroxyl groups is 1. The second kappa shape index (κ2) is 3.47. The highest BCUT2D eigenvalue weighted by Gasteiger charge is 2.39. The molecule has 0 radical (unpaired) electrons. The fourth-order valence-corrected chi connectivity index (χ4v) is 3.64. The normalized spacial score (nSPS) is 24.4. The van der Waals surface area contributed by atoms with Crippen molar-refractivity contribution in [3.8, 4) is 0 Å². The minimum atomic E-state index is -0.821. The van der Waals surface area contributed by atoms with E-state index in [2.05, 4.69) is 13.0 Å². The van der Waals surface area contributed by atoms with Crippen LogP contribution in [0.2, 0.25) is 0 Å². The average molecular weight is 234 g/mol. The van der Waals surface area contributed by atoms with Crippen LogP contribution < -0.4 is 0 Å². The summed E-state index contributed by atoms with van der Waals surface area (Å²) in [5, 5.41) is 12.9. The number of hydrogen-bond acceptors (Lipinski definition) is 3. The zero-order valence-corrected chi connectivity index (χ0v) is 10.0. The maximum Gasteiger partial charge on any atom is 0.127 e. The summed E-state index contributed by atoms with van der Waals surface area (Å²) in [6, 6.07) is 3.97. The summed E-state index contributed by atoms with van der Waals surface area (Å²) >= 11 is 1.63. The third-order valence-corrected chi connectivity index (χ3v) is 4.54. The Hall–Kier alpha value is -1.06. The van der Waals surface area contributed by atoms with Gasteiger partial charge in [0, 0.05) is 16.9 Å². The molecule has 3 heteroatoms. The van der Waals surface area contributed by atoms with Gasteiger partial charge in [0.05, 0.1) is 6.26 Å². The van der Waals surface area contributed by atoms with Crippen LogP contribution in [-0.2, 0) is 12.0 Å². The number of furan rings is 1. The first kappa shape index (κ1) is 10.1. The maximum atomic E-state index is 10.9. The first-order chi connectivity index (χ1) is 7.72. The number of aryl methyl sites for hydroxylation is 2. The monoisotopic (exact) mass is 234 g/mol. The lowest BCUT2D eigenvalue weighted by Gasteiger charge is -2.31. The first-order valence-corrected chi connectivity index (χ1v) is 6.43. The summed E-state index contributed by atoms with van der Waals surface area (Å²) in [6.07, 6.45) is 4.40. The molecule has 84 valence electrons. The Labute approximate surface area is 98.5 Å². The molecule has 1 unspecified atom stereocenters. The van der Waals surface area contributed by atoms with Crippen molar-refractivity contribution in [1.82, 2.24) is 0 Å². The van der Waals surface area contributed by atoms with E-state index < -0.39 is 5.60 Å². The van der Waals surface area contributed by atoms with E-state index in [1.54, 1.807) is 17.6 Å². The van der Waals surface area contributed by atoms with Gasteiger partial charge in [-0.05, 0) is 42.8 Å². The Morgan fingerprint density at radius 2 is 2.31 bits per heavy atom. The number of thiophene rings is 1. The fourth-order valence-electron chi connectivity index (χ4n) is 2.57. The molecule has 0 aromatic carbocycles. The molecule has 0 fully saturated rings. The van der Waals surface area contributed by atoms with Crippen LogP contribution in [0.3, 0.4) is 0 Å². The Morgan fingerprint density at radius 1 is 1.44 bits per heavy atom. The number of rotatable bonds is 1. The fraction of sp³-hybridized carbons (Fsp3) is 0.385. The van der Waals surface area contributed by atoms with Gasteiger partial charge in [-0.25, -0.2) is 0 Å². The summed E-state index contributed by atoms with van der Waals surface area (Å²) in [7, 11) is 0. The zero-order valence-electron chi connectivity index (χ0n) is 9.19. The molecular formula is C13H14O2S. The third-order valence-electron chi connectivity index (χ3n) is 3.37. The molecule has 0 saturated carbocycles. The van der Waals surface area contributed by atoms with Crippen molar-refractivity contribution in [3.63, 3.8) is 0 Å². The Balaban J connectivity index is 2.18. The summed E-state index contributed by atoms with van der Waals surface area (Å²) in [6.45, 7) is 2.05. The van der Waals surface area contributed by atoms with E-state index in [9.17, 15) is 5.11 Å². The summed E-state index contributed by atoms with van der Waals surface area (Å²) in [5.41, 5.74) is 1.31. The van der Waals surface area contributed by atoms with Gasteiger partial charge in [0.1, 0.15) is 11.4 Å². The van der Waals surface area contributed by atoms with Gasteiger partial charge in [0.25, 0.3) is 0 Å². The van der Waals surface area contributed by atoms with E-state index in [0.29, 0.717) is 0 Å². The SMILES string of the molecule is Cc1ccsc1C1(O)CCCc2occc21. The van der Waals surface area contributed by atoms with Gasteiger partial charge in [-0.2, -0.15) is 0 Å². The second-order valence-corrected chi connectivity index (χ2v) is 5.32. The second-order valence-electron chi connectivity index (χ2n) is 4.40. The highest BCUT2D eigenvalue weighted by atomic mass is 32.1. The summed E-state index contributed by atoms with van der Waals surface area (Å²) in [4.78, 5) is 1.06. The predicted molar refractivity (Wildman–Crippen MR) is 63.7 cm³/mol. The minimum absolute atomic E-state index is 0.793. The molecule has 0 aliphatic heterocycles. The molecule has 0 bridgehead atoms. The van der Waals surface area contributed by atoms with Crippen molar-refractivity contribution in [2.75, 3.05) is 0 Å². The molecule has 1 aliphatic carbocycles. The van der Waals surface area contributed by atoms with Crippen LogP contribution in [-0.4, -0.2) is 5.11 Å².